The van der Waals surface area contributed by atoms with Gasteiger partial charge in [0.15, 0.2) is 0 Å². The highest BCUT2D eigenvalue weighted by Crippen LogP contribution is 2.41. The van der Waals surface area contributed by atoms with Crippen molar-refractivity contribution in [3.8, 4) is 0 Å². The van der Waals surface area contributed by atoms with Crippen molar-refractivity contribution < 1.29 is 9.47 Å². The van der Waals surface area contributed by atoms with Gasteiger partial charge in [-0.1, -0.05) is 6.07 Å². The van der Waals surface area contributed by atoms with Gasteiger partial charge in [-0.2, -0.15) is 0 Å². The van der Waals surface area contributed by atoms with Crippen molar-refractivity contribution in [2.24, 2.45) is 5.92 Å². The molecule has 0 bridgehead atoms. The van der Waals surface area contributed by atoms with Crippen molar-refractivity contribution in [2.45, 2.75) is 30.9 Å². The lowest BCUT2D eigenvalue weighted by Gasteiger charge is -2.40. The highest BCUT2D eigenvalue weighted by molar-refractivity contribution is 7.10. The molecule has 18 heavy (non-hydrogen) atoms. The molecule has 2 aliphatic rings. The molecule has 1 N–H and O–H groups in total. The van der Waals surface area contributed by atoms with Crippen LogP contribution in [0.1, 0.15) is 30.2 Å². The molecule has 1 aromatic heterocycles. The first-order chi connectivity index (χ1) is 8.83. The van der Waals surface area contributed by atoms with E-state index in [0.717, 1.165) is 39.1 Å². The fraction of sp³-hybridized carbons (Fsp3) is 0.714. The van der Waals surface area contributed by atoms with Crippen molar-refractivity contribution in [1.82, 2.24) is 5.32 Å². The molecule has 2 saturated heterocycles. The van der Waals surface area contributed by atoms with E-state index in [9.17, 15) is 0 Å². The van der Waals surface area contributed by atoms with Gasteiger partial charge in [0.2, 0.25) is 0 Å². The van der Waals surface area contributed by atoms with Crippen LogP contribution in [0.4, 0.5) is 0 Å². The number of hydrogen-bond donors (Lipinski definition) is 1. The Labute approximate surface area is 112 Å². The smallest absolute Gasteiger partial charge is 0.0940 e. The Morgan fingerprint density at radius 3 is 3.11 bits per heavy atom. The second-order valence-electron chi connectivity index (χ2n) is 5.37. The second-order valence-corrected chi connectivity index (χ2v) is 6.35. The number of rotatable bonds is 3. The van der Waals surface area contributed by atoms with Crippen LogP contribution in [0.25, 0.3) is 0 Å². The molecule has 1 spiro atoms. The lowest BCUT2D eigenvalue weighted by Crippen LogP contribution is -2.43. The topological polar surface area (TPSA) is 30.5 Å². The molecule has 3 atom stereocenters. The van der Waals surface area contributed by atoms with Crippen molar-refractivity contribution in [2.75, 3.05) is 26.9 Å². The molecule has 1 aromatic rings. The van der Waals surface area contributed by atoms with Gasteiger partial charge >= 0.3 is 0 Å². The van der Waals surface area contributed by atoms with Crippen molar-refractivity contribution >= 4 is 11.3 Å². The van der Waals surface area contributed by atoms with E-state index in [4.69, 9.17) is 9.47 Å². The SMILES string of the molecule is CNC(c1cccs1)C1CCOC2(CCOC2)C1. The standard InChI is InChI=1S/C14H21NO2S/c1-15-13(12-3-2-8-18-12)11-4-6-17-14(9-11)5-7-16-10-14/h2-3,8,11,13,15H,4-7,9-10H2,1H3. The summed E-state index contributed by atoms with van der Waals surface area (Å²) in [4.78, 5) is 1.44. The highest BCUT2D eigenvalue weighted by Gasteiger charge is 2.43. The van der Waals surface area contributed by atoms with E-state index < -0.39 is 0 Å². The number of thiophene rings is 1. The third-order valence-electron chi connectivity index (χ3n) is 4.23. The van der Waals surface area contributed by atoms with Crippen LogP contribution in [-0.4, -0.2) is 32.5 Å². The molecule has 3 nitrogen and oxygen atoms in total. The second kappa shape index (κ2) is 5.29. The summed E-state index contributed by atoms with van der Waals surface area (Å²) in [6.45, 7) is 2.51. The molecule has 100 valence electrons. The van der Waals surface area contributed by atoms with E-state index in [0.29, 0.717) is 12.0 Å². The minimum atomic E-state index is 0.00920. The predicted octanol–water partition coefficient (Wildman–Crippen LogP) is 2.59. The maximum atomic E-state index is 6.02. The van der Waals surface area contributed by atoms with E-state index in [1.165, 1.54) is 4.88 Å². The molecule has 4 heteroatoms. The summed E-state index contributed by atoms with van der Waals surface area (Å²) < 4.78 is 11.6. The zero-order valence-corrected chi connectivity index (χ0v) is 11.7. The van der Waals surface area contributed by atoms with Crippen LogP contribution in [-0.2, 0) is 9.47 Å². The van der Waals surface area contributed by atoms with Gasteiger partial charge < -0.3 is 14.8 Å². The molecule has 2 aliphatic heterocycles. The molecule has 3 heterocycles. The maximum Gasteiger partial charge on any atom is 0.0940 e. The summed E-state index contributed by atoms with van der Waals surface area (Å²) in [6, 6.07) is 4.84. The van der Waals surface area contributed by atoms with Crippen LogP contribution in [0.3, 0.4) is 0 Å². The monoisotopic (exact) mass is 267 g/mol. The first-order valence-corrected chi connectivity index (χ1v) is 7.63. The van der Waals surface area contributed by atoms with Gasteiger partial charge in [-0.25, -0.2) is 0 Å². The zero-order valence-electron chi connectivity index (χ0n) is 10.9. The third kappa shape index (κ3) is 2.35. The normalized spacial score (nSPS) is 33.9. The van der Waals surface area contributed by atoms with Gasteiger partial charge in [-0.15, -0.1) is 11.3 Å². The van der Waals surface area contributed by atoms with Gasteiger partial charge in [0, 0.05) is 30.6 Å². The lowest BCUT2D eigenvalue weighted by atomic mass is 9.80. The minimum Gasteiger partial charge on any atom is -0.378 e. The predicted molar refractivity (Wildman–Crippen MR) is 73.0 cm³/mol. The van der Waals surface area contributed by atoms with E-state index in [2.05, 4.69) is 29.9 Å². The highest BCUT2D eigenvalue weighted by atomic mass is 32.1. The summed E-state index contributed by atoms with van der Waals surface area (Å²) in [5.74, 6) is 0.657. The number of nitrogens with one attached hydrogen (secondary N) is 1. The van der Waals surface area contributed by atoms with E-state index in [1.54, 1.807) is 0 Å². The Morgan fingerprint density at radius 1 is 1.50 bits per heavy atom. The molecule has 0 amide bonds. The van der Waals surface area contributed by atoms with Crippen LogP contribution in [0, 0.1) is 5.92 Å². The lowest BCUT2D eigenvalue weighted by molar-refractivity contribution is -0.103. The molecule has 3 rings (SSSR count). The molecular weight excluding hydrogens is 246 g/mol. The fourth-order valence-corrected chi connectivity index (χ4v) is 4.22. The molecule has 2 fully saturated rings. The van der Waals surface area contributed by atoms with Gasteiger partial charge in [-0.3, -0.25) is 0 Å². The summed E-state index contributed by atoms with van der Waals surface area (Å²) in [7, 11) is 2.07. The molecule has 0 saturated carbocycles. The Bertz CT molecular complexity index is 373. The van der Waals surface area contributed by atoms with E-state index in [-0.39, 0.29) is 5.60 Å². The molecule has 3 unspecified atom stereocenters. The van der Waals surface area contributed by atoms with Crippen LogP contribution in [0.2, 0.25) is 0 Å². The quantitative estimate of drug-likeness (QED) is 0.913. The van der Waals surface area contributed by atoms with Crippen LogP contribution in [0.15, 0.2) is 17.5 Å². The maximum absolute atomic E-state index is 6.02. The van der Waals surface area contributed by atoms with Crippen molar-refractivity contribution in [1.29, 1.82) is 0 Å². The first-order valence-electron chi connectivity index (χ1n) is 6.75. The minimum absolute atomic E-state index is 0.00920. The summed E-state index contributed by atoms with van der Waals surface area (Å²) in [5.41, 5.74) is 0.00920. The fourth-order valence-electron chi connectivity index (χ4n) is 3.29. The Kier molecular flexibility index (Phi) is 3.71. The average Bonchev–Trinajstić information content (AvgIpc) is 3.03. The van der Waals surface area contributed by atoms with Gasteiger partial charge in [0.1, 0.15) is 0 Å². The van der Waals surface area contributed by atoms with E-state index in [1.807, 2.05) is 11.3 Å². The zero-order chi connectivity index (χ0) is 12.4. The van der Waals surface area contributed by atoms with Crippen LogP contribution < -0.4 is 5.32 Å². The first kappa shape index (κ1) is 12.6. The van der Waals surface area contributed by atoms with Crippen LogP contribution in [0.5, 0.6) is 0 Å². The molecule has 0 radical (unpaired) electrons. The summed E-state index contributed by atoms with van der Waals surface area (Å²) >= 11 is 1.85. The van der Waals surface area contributed by atoms with Gasteiger partial charge in [0.25, 0.3) is 0 Å². The van der Waals surface area contributed by atoms with Crippen LogP contribution >= 0.6 is 11.3 Å². The Morgan fingerprint density at radius 2 is 2.44 bits per heavy atom. The Hall–Kier alpha value is -0.420. The number of hydrogen-bond acceptors (Lipinski definition) is 4. The third-order valence-corrected chi connectivity index (χ3v) is 5.19. The summed E-state index contributed by atoms with van der Waals surface area (Å²) in [6.07, 6.45) is 3.33. The average molecular weight is 267 g/mol. The largest absolute Gasteiger partial charge is 0.378 e. The van der Waals surface area contributed by atoms with Gasteiger partial charge in [0.05, 0.1) is 12.2 Å². The van der Waals surface area contributed by atoms with Gasteiger partial charge in [-0.05, 0) is 37.3 Å². The Balaban J connectivity index is 1.74. The molecule has 0 aromatic carbocycles. The number of ether oxygens (including phenoxy) is 2. The molecular formula is C14H21NO2S. The van der Waals surface area contributed by atoms with Crippen molar-refractivity contribution in [3.05, 3.63) is 22.4 Å². The van der Waals surface area contributed by atoms with E-state index >= 15 is 0 Å². The molecule has 0 aliphatic carbocycles. The van der Waals surface area contributed by atoms with Crippen molar-refractivity contribution in [3.63, 3.8) is 0 Å². The summed E-state index contributed by atoms with van der Waals surface area (Å²) in [5, 5.41) is 5.65.